The fraction of sp³-hybridized carbons (Fsp3) is 0.500. The molecule has 1 aliphatic heterocycles. The van der Waals surface area contributed by atoms with Crippen LogP contribution in [-0.2, 0) is 9.53 Å². The summed E-state index contributed by atoms with van der Waals surface area (Å²) in [5.74, 6) is -1.19. The number of aromatic carboxylic acids is 1. The lowest BCUT2D eigenvalue weighted by Crippen LogP contribution is -2.48. The molecule has 1 aromatic rings. The molecule has 156 valence electrons. The second-order valence-corrected chi connectivity index (χ2v) is 8.32. The SMILES string of the molecule is CCO[C@H]1CC(c2nc(C)c(C(=O)O)s2)=CC[C@H]1NC(=O)C1=NC(Cl)=C(CC)C1. The van der Waals surface area contributed by atoms with E-state index in [1.807, 2.05) is 19.9 Å². The average Bonchev–Trinajstić information content (AvgIpc) is 3.26. The molecule has 2 N–H and O–H groups in total. The van der Waals surface area contributed by atoms with Crippen LogP contribution in [0.1, 0.15) is 59.9 Å². The van der Waals surface area contributed by atoms with E-state index in [1.165, 1.54) is 11.3 Å². The van der Waals surface area contributed by atoms with Gasteiger partial charge in [0, 0.05) is 19.4 Å². The van der Waals surface area contributed by atoms with Gasteiger partial charge in [0.05, 0.1) is 17.8 Å². The molecule has 1 aromatic heterocycles. The standard InChI is InChI=1S/C20H24ClN3O4S/c1-4-11-8-14(23-17(11)21)18(25)24-13-7-6-12(9-15(13)28-5-2)19-22-10(3)16(29-19)20(26)27/h6,13,15H,4-5,7-9H2,1-3H3,(H,24,25)(H,26,27)/t13-,15+/m1/s1. The zero-order valence-corrected chi connectivity index (χ0v) is 18.2. The minimum atomic E-state index is -0.967. The van der Waals surface area contributed by atoms with Gasteiger partial charge in [-0.15, -0.1) is 11.3 Å². The first kappa shape index (κ1) is 21.7. The van der Waals surface area contributed by atoms with E-state index in [1.54, 1.807) is 6.92 Å². The highest BCUT2D eigenvalue weighted by atomic mass is 35.5. The third-order valence-electron chi connectivity index (χ3n) is 5.05. The predicted octanol–water partition coefficient (Wildman–Crippen LogP) is 3.92. The first-order valence-electron chi connectivity index (χ1n) is 9.61. The maximum absolute atomic E-state index is 12.7. The van der Waals surface area contributed by atoms with Crippen molar-refractivity contribution in [3.8, 4) is 0 Å². The van der Waals surface area contributed by atoms with E-state index in [2.05, 4.69) is 15.3 Å². The van der Waals surface area contributed by atoms with Crippen molar-refractivity contribution in [3.63, 3.8) is 0 Å². The van der Waals surface area contributed by atoms with Gasteiger partial charge >= 0.3 is 5.97 Å². The number of carboxylic acids is 1. The maximum atomic E-state index is 12.7. The molecule has 1 amide bonds. The molecule has 2 heterocycles. The molecule has 7 nitrogen and oxygen atoms in total. The molecule has 9 heteroatoms. The van der Waals surface area contributed by atoms with Crippen molar-refractivity contribution in [2.75, 3.05) is 6.61 Å². The molecule has 0 saturated carbocycles. The maximum Gasteiger partial charge on any atom is 0.347 e. The molecular weight excluding hydrogens is 414 g/mol. The number of carbonyl (C=O) groups is 2. The van der Waals surface area contributed by atoms with Gasteiger partial charge in [-0.1, -0.05) is 24.6 Å². The van der Waals surface area contributed by atoms with Gasteiger partial charge in [0.25, 0.3) is 5.91 Å². The van der Waals surface area contributed by atoms with Crippen LogP contribution in [0.5, 0.6) is 0 Å². The molecule has 1 aliphatic carbocycles. The van der Waals surface area contributed by atoms with Gasteiger partial charge < -0.3 is 15.2 Å². The van der Waals surface area contributed by atoms with Crippen molar-refractivity contribution < 1.29 is 19.4 Å². The van der Waals surface area contributed by atoms with Crippen LogP contribution in [0.2, 0.25) is 0 Å². The fourth-order valence-electron chi connectivity index (χ4n) is 3.48. The highest BCUT2D eigenvalue weighted by molar-refractivity contribution is 7.14. The Morgan fingerprint density at radius 2 is 2.17 bits per heavy atom. The first-order valence-corrected chi connectivity index (χ1v) is 10.8. The van der Waals surface area contributed by atoms with E-state index >= 15 is 0 Å². The molecule has 0 bridgehead atoms. The number of nitrogens with zero attached hydrogens (tertiary/aromatic N) is 2. The summed E-state index contributed by atoms with van der Waals surface area (Å²) >= 11 is 7.26. The molecule has 0 radical (unpaired) electrons. The lowest BCUT2D eigenvalue weighted by atomic mass is 9.92. The fourth-order valence-corrected chi connectivity index (χ4v) is 4.73. The Hall–Kier alpha value is -2.03. The summed E-state index contributed by atoms with van der Waals surface area (Å²) in [7, 11) is 0. The smallest absolute Gasteiger partial charge is 0.347 e. The minimum absolute atomic E-state index is 0.196. The number of nitrogens with one attached hydrogen (secondary N) is 1. The summed E-state index contributed by atoms with van der Waals surface area (Å²) in [5.41, 5.74) is 2.86. The lowest BCUT2D eigenvalue weighted by molar-refractivity contribution is -0.116. The van der Waals surface area contributed by atoms with E-state index in [-0.39, 0.29) is 22.9 Å². The summed E-state index contributed by atoms with van der Waals surface area (Å²) in [6.07, 6.45) is 4.14. The monoisotopic (exact) mass is 437 g/mol. The van der Waals surface area contributed by atoms with Crippen LogP contribution >= 0.6 is 22.9 Å². The Kier molecular flexibility index (Phi) is 6.87. The van der Waals surface area contributed by atoms with Gasteiger partial charge in [0.2, 0.25) is 0 Å². The topological polar surface area (TPSA) is 101 Å². The van der Waals surface area contributed by atoms with Crippen molar-refractivity contribution >= 4 is 46.1 Å². The van der Waals surface area contributed by atoms with Crippen molar-refractivity contribution in [2.24, 2.45) is 4.99 Å². The Balaban J connectivity index is 1.73. The number of amides is 1. The van der Waals surface area contributed by atoms with Crippen LogP contribution in [0.25, 0.3) is 5.57 Å². The van der Waals surface area contributed by atoms with E-state index in [0.717, 1.165) is 17.6 Å². The number of thiazole rings is 1. The van der Waals surface area contributed by atoms with Gasteiger partial charge in [-0.3, -0.25) is 4.79 Å². The molecule has 0 aromatic carbocycles. The number of halogens is 1. The van der Waals surface area contributed by atoms with Crippen LogP contribution in [0, 0.1) is 6.92 Å². The van der Waals surface area contributed by atoms with Crippen molar-refractivity contribution in [2.45, 2.75) is 58.6 Å². The van der Waals surface area contributed by atoms with Crippen molar-refractivity contribution in [1.29, 1.82) is 0 Å². The highest BCUT2D eigenvalue weighted by Gasteiger charge is 2.32. The van der Waals surface area contributed by atoms with Crippen LogP contribution in [0.15, 0.2) is 21.8 Å². The van der Waals surface area contributed by atoms with Crippen LogP contribution < -0.4 is 5.32 Å². The number of aryl methyl sites for hydroxylation is 1. The van der Waals surface area contributed by atoms with Gasteiger partial charge in [0.15, 0.2) is 0 Å². The minimum Gasteiger partial charge on any atom is -0.477 e. The number of hydrogen-bond donors (Lipinski definition) is 2. The Morgan fingerprint density at radius 3 is 2.76 bits per heavy atom. The van der Waals surface area contributed by atoms with E-state index < -0.39 is 5.97 Å². The van der Waals surface area contributed by atoms with Crippen molar-refractivity contribution in [3.05, 3.63) is 32.4 Å². The predicted molar refractivity (Wildman–Crippen MR) is 114 cm³/mol. The average molecular weight is 438 g/mol. The summed E-state index contributed by atoms with van der Waals surface area (Å²) in [4.78, 5) is 32.8. The molecule has 2 atom stereocenters. The molecule has 0 unspecified atom stereocenters. The number of carbonyl (C=O) groups excluding carboxylic acids is 1. The largest absolute Gasteiger partial charge is 0.477 e. The highest BCUT2D eigenvalue weighted by Crippen LogP contribution is 2.33. The summed E-state index contributed by atoms with van der Waals surface area (Å²) in [5, 5.41) is 13.4. The lowest BCUT2D eigenvalue weighted by Gasteiger charge is -2.31. The van der Waals surface area contributed by atoms with E-state index in [0.29, 0.717) is 47.4 Å². The molecule has 3 rings (SSSR count). The van der Waals surface area contributed by atoms with E-state index in [9.17, 15) is 14.7 Å². The number of hydrogen-bond acceptors (Lipinski definition) is 6. The van der Waals surface area contributed by atoms with Crippen LogP contribution in [0.4, 0.5) is 0 Å². The second kappa shape index (κ2) is 9.19. The number of aromatic nitrogens is 1. The summed E-state index contributed by atoms with van der Waals surface area (Å²) in [6, 6.07) is -0.196. The Labute approximate surface area is 178 Å². The first-order chi connectivity index (χ1) is 13.8. The van der Waals surface area contributed by atoms with Gasteiger partial charge in [-0.2, -0.15) is 0 Å². The molecule has 2 aliphatic rings. The summed E-state index contributed by atoms with van der Waals surface area (Å²) < 4.78 is 5.89. The number of carboxylic acid groups (broad SMARTS) is 1. The number of ether oxygens (including phenoxy) is 1. The Bertz CT molecular complexity index is 919. The number of allylic oxidation sites excluding steroid dienone is 1. The van der Waals surface area contributed by atoms with Crippen LogP contribution in [-0.4, -0.2) is 46.4 Å². The van der Waals surface area contributed by atoms with E-state index in [4.69, 9.17) is 16.3 Å². The molecule has 0 saturated heterocycles. The van der Waals surface area contributed by atoms with Gasteiger partial charge in [-0.25, -0.2) is 14.8 Å². The van der Waals surface area contributed by atoms with Crippen molar-refractivity contribution in [1.82, 2.24) is 10.3 Å². The third kappa shape index (κ3) is 4.76. The zero-order chi connectivity index (χ0) is 21.1. The quantitative estimate of drug-likeness (QED) is 0.629. The Morgan fingerprint density at radius 1 is 1.41 bits per heavy atom. The normalized spacial score (nSPS) is 21.8. The third-order valence-corrected chi connectivity index (χ3v) is 6.62. The zero-order valence-electron chi connectivity index (χ0n) is 16.6. The second-order valence-electron chi connectivity index (χ2n) is 6.96. The molecule has 0 fully saturated rings. The summed E-state index contributed by atoms with van der Waals surface area (Å²) in [6.45, 7) is 6.10. The number of aliphatic imine (C=N–C) groups is 1. The molecule has 0 spiro atoms. The van der Waals surface area contributed by atoms with Gasteiger partial charge in [0.1, 0.15) is 20.8 Å². The molecule has 29 heavy (non-hydrogen) atoms. The molecular formula is C20H24ClN3O4S. The van der Waals surface area contributed by atoms with Gasteiger partial charge in [-0.05, 0) is 37.8 Å². The van der Waals surface area contributed by atoms with Crippen LogP contribution in [0.3, 0.4) is 0 Å². The number of rotatable bonds is 7.